The summed E-state index contributed by atoms with van der Waals surface area (Å²) in [5.74, 6) is -0.377. The summed E-state index contributed by atoms with van der Waals surface area (Å²) in [4.78, 5) is 23.0. The van der Waals surface area contributed by atoms with E-state index in [2.05, 4.69) is 15.9 Å². The van der Waals surface area contributed by atoms with E-state index in [1.807, 2.05) is 6.08 Å². The fourth-order valence-corrected chi connectivity index (χ4v) is 3.83. The molecule has 3 atom stereocenters. The maximum absolute atomic E-state index is 12.0. The first kappa shape index (κ1) is 18.4. The average Bonchev–Trinajstić information content (AvgIpc) is 2.74. The van der Waals surface area contributed by atoms with Gasteiger partial charge in [0.15, 0.2) is 5.78 Å². The lowest BCUT2D eigenvalue weighted by Crippen LogP contribution is -2.40. The summed E-state index contributed by atoms with van der Waals surface area (Å²) in [5.41, 5.74) is -1.15. The molecule has 0 amide bonds. The highest BCUT2D eigenvalue weighted by Gasteiger charge is 2.51. The second kappa shape index (κ2) is 6.49. The zero-order chi connectivity index (χ0) is 17.4. The largest absolute Gasteiger partial charge is 0.466 e. The van der Waals surface area contributed by atoms with Gasteiger partial charge in [0, 0.05) is 12.8 Å². The fraction of sp³-hybridized carbons (Fsp3) is 0.647. The van der Waals surface area contributed by atoms with Crippen molar-refractivity contribution < 1.29 is 24.2 Å². The molecule has 0 aromatic carbocycles. The lowest BCUT2D eigenvalue weighted by Gasteiger charge is -2.33. The molecular weight excluding hydrogens is 364 g/mol. The van der Waals surface area contributed by atoms with Gasteiger partial charge in [-0.1, -0.05) is 0 Å². The minimum absolute atomic E-state index is 0.00822. The molecule has 128 valence electrons. The van der Waals surface area contributed by atoms with Crippen molar-refractivity contribution in [3.05, 3.63) is 22.2 Å². The Hall–Kier alpha value is -0.980. The summed E-state index contributed by atoms with van der Waals surface area (Å²) < 4.78 is 11.7. The third-order valence-electron chi connectivity index (χ3n) is 4.41. The number of hydrogen-bond acceptors (Lipinski definition) is 5. The van der Waals surface area contributed by atoms with Crippen LogP contribution in [0.25, 0.3) is 0 Å². The van der Waals surface area contributed by atoms with E-state index in [9.17, 15) is 14.7 Å². The van der Waals surface area contributed by atoms with Crippen LogP contribution in [0.4, 0.5) is 0 Å². The Morgan fingerprint density at radius 2 is 2.17 bits per heavy atom. The van der Waals surface area contributed by atoms with Crippen LogP contribution in [0.2, 0.25) is 0 Å². The summed E-state index contributed by atoms with van der Waals surface area (Å²) in [7, 11) is 0. The smallest absolute Gasteiger partial charge is 0.302 e. The van der Waals surface area contributed by atoms with Crippen LogP contribution >= 0.6 is 15.9 Å². The van der Waals surface area contributed by atoms with Crippen molar-refractivity contribution in [2.75, 3.05) is 6.61 Å². The number of carbonyl (C=O) groups excluding carboxylic acids is 2. The highest BCUT2D eigenvalue weighted by Crippen LogP contribution is 2.47. The van der Waals surface area contributed by atoms with E-state index in [1.54, 1.807) is 26.8 Å². The van der Waals surface area contributed by atoms with Gasteiger partial charge in [-0.25, -0.2) is 0 Å². The number of halogens is 1. The zero-order valence-electron chi connectivity index (χ0n) is 13.9. The Kier molecular flexibility index (Phi) is 5.18. The van der Waals surface area contributed by atoms with E-state index < -0.39 is 11.2 Å². The minimum Gasteiger partial charge on any atom is -0.466 e. The molecule has 1 spiro atoms. The topological polar surface area (TPSA) is 72.8 Å². The van der Waals surface area contributed by atoms with Gasteiger partial charge in [-0.3, -0.25) is 9.59 Å². The molecule has 3 unspecified atom stereocenters. The summed E-state index contributed by atoms with van der Waals surface area (Å²) in [6, 6.07) is 0. The maximum atomic E-state index is 12.0. The van der Waals surface area contributed by atoms with Gasteiger partial charge < -0.3 is 14.6 Å². The molecule has 0 aromatic heterocycles. The van der Waals surface area contributed by atoms with Crippen LogP contribution in [0.3, 0.4) is 0 Å². The zero-order valence-corrected chi connectivity index (χ0v) is 15.5. The third kappa shape index (κ3) is 3.92. The number of aliphatic hydroxyl groups is 1. The van der Waals surface area contributed by atoms with E-state index in [4.69, 9.17) is 9.47 Å². The number of ether oxygens (including phenoxy) is 2. The van der Waals surface area contributed by atoms with Gasteiger partial charge in [-0.15, -0.1) is 0 Å². The summed E-state index contributed by atoms with van der Waals surface area (Å²) in [6.45, 7) is 6.84. The Morgan fingerprint density at radius 3 is 2.70 bits per heavy atom. The van der Waals surface area contributed by atoms with E-state index in [-0.39, 0.29) is 30.4 Å². The SMILES string of the molecule is CC(=O)OCCC1CC(C(C)(C)O)OC12C=C(C)C(=O)C(Br)=C2. The Bertz CT molecular complexity index is 548. The molecule has 1 saturated heterocycles. The molecule has 0 bridgehead atoms. The number of ketones is 1. The monoisotopic (exact) mass is 386 g/mol. The average molecular weight is 387 g/mol. The highest BCUT2D eigenvalue weighted by atomic mass is 79.9. The van der Waals surface area contributed by atoms with E-state index in [0.717, 1.165) is 0 Å². The van der Waals surface area contributed by atoms with Crippen LogP contribution in [0.5, 0.6) is 0 Å². The molecule has 1 heterocycles. The quantitative estimate of drug-likeness (QED) is 0.751. The number of rotatable bonds is 4. The molecule has 1 aliphatic heterocycles. The second-order valence-electron chi connectivity index (χ2n) is 6.82. The first-order valence-corrected chi connectivity index (χ1v) is 8.50. The predicted molar refractivity (Wildman–Crippen MR) is 89.0 cm³/mol. The molecule has 23 heavy (non-hydrogen) atoms. The van der Waals surface area contributed by atoms with Gasteiger partial charge in [-0.2, -0.15) is 0 Å². The molecule has 6 heteroatoms. The van der Waals surface area contributed by atoms with Crippen molar-refractivity contribution in [3.8, 4) is 0 Å². The van der Waals surface area contributed by atoms with Gasteiger partial charge in [0.1, 0.15) is 5.60 Å². The molecule has 0 aromatic rings. The Morgan fingerprint density at radius 1 is 1.52 bits per heavy atom. The first-order valence-electron chi connectivity index (χ1n) is 7.71. The first-order chi connectivity index (χ1) is 10.5. The third-order valence-corrected chi connectivity index (χ3v) is 5.00. The molecule has 0 radical (unpaired) electrons. The molecule has 2 rings (SSSR count). The molecule has 1 fully saturated rings. The van der Waals surface area contributed by atoms with Crippen LogP contribution in [0, 0.1) is 5.92 Å². The summed E-state index contributed by atoms with van der Waals surface area (Å²) in [5, 5.41) is 10.3. The van der Waals surface area contributed by atoms with Gasteiger partial charge in [0.25, 0.3) is 0 Å². The summed E-state index contributed by atoms with van der Waals surface area (Å²) >= 11 is 3.31. The van der Waals surface area contributed by atoms with Gasteiger partial charge in [0.2, 0.25) is 0 Å². The number of hydrogen-bond donors (Lipinski definition) is 1. The lowest BCUT2D eigenvalue weighted by molar-refractivity contribution is -0.141. The van der Waals surface area contributed by atoms with E-state index in [0.29, 0.717) is 22.9 Å². The van der Waals surface area contributed by atoms with Crippen molar-refractivity contribution in [1.82, 2.24) is 0 Å². The van der Waals surface area contributed by atoms with Crippen LogP contribution < -0.4 is 0 Å². The minimum atomic E-state index is -0.993. The lowest BCUT2D eigenvalue weighted by atomic mass is 9.79. The van der Waals surface area contributed by atoms with Gasteiger partial charge in [0.05, 0.1) is 22.8 Å². The number of carbonyl (C=O) groups is 2. The van der Waals surface area contributed by atoms with Crippen molar-refractivity contribution in [2.24, 2.45) is 5.92 Å². The molecule has 1 aliphatic carbocycles. The molecule has 1 N–H and O–H groups in total. The van der Waals surface area contributed by atoms with E-state index >= 15 is 0 Å². The standard InChI is InChI=1S/C17H23BrO5/c1-10-8-17(9-13(18)15(10)20)12(5-6-22-11(2)19)7-14(23-17)16(3,4)21/h8-9,12,14,21H,5-7H2,1-4H3. The fourth-order valence-electron chi connectivity index (χ4n) is 3.16. The molecule has 0 saturated carbocycles. The predicted octanol–water partition coefficient (Wildman–Crippen LogP) is 2.66. The molecular formula is C17H23BrO5. The van der Waals surface area contributed by atoms with Crippen molar-refractivity contribution in [1.29, 1.82) is 0 Å². The van der Waals surface area contributed by atoms with Gasteiger partial charge in [-0.05, 0) is 67.3 Å². The Labute approximate surface area is 144 Å². The molecule has 5 nitrogen and oxygen atoms in total. The summed E-state index contributed by atoms with van der Waals surface area (Å²) in [6.07, 6.45) is 4.45. The van der Waals surface area contributed by atoms with Gasteiger partial charge >= 0.3 is 5.97 Å². The van der Waals surface area contributed by atoms with E-state index in [1.165, 1.54) is 6.92 Å². The highest BCUT2D eigenvalue weighted by molar-refractivity contribution is 9.12. The van der Waals surface area contributed by atoms with Crippen LogP contribution in [0.15, 0.2) is 22.2 Å². The second-order valence-corrected chi connectivity index (χ2v) is 7.68. The molecule has 2 aliphatic rings. The van der Waals surface area contributed by atoms with Crippen LogP contribution in [0.1, 0.15) is 40.5 Å². The number of esters is 1. The Balaban J connectivity index is 2.29. The van der Waals surface area contributed by atoms with Crippen LogP contribution in [-0.4, -0.2) is 40.8 Å². The number of Topliss-reactive ketones (excluding diaryl/α,β-unsaturated/α-hetero) is 1. The normalized spacial score (nSPS) is 31.1. The van der Waals surface area contributed by atoms with Crippen molar-refractivity contribution >= 4 is 27.7 Å². The van der Waals surface area contributed by atoms with Crippen molar-refractivity contribution in [3.63, 3.8) is 0 Å². The van der Waals surface area contributed by atoms with Crippen LogP contribution in [-0.2, 0) is 19.1 Å². The maximum Gasteiger partial charge on any atom is 0.302 e. The van der Waals surface area contributed by atoms with Crippen molar-refractivity contribution in [2.45, 2.75) is 57.8 Å². The number of allylic oxidation sites excluding steroid dienone is 2.